The molecular formula is C29H37NO6. The van der Waals surface area contributed by atoms with Gasteiger partial charge in [-0.05, 0) is 62.1 Å². The molecule has 0 amide bonds. The van der Waals surface area contributed by atoms with Gasteiger partial charge >= 0.3 is 11.9 Å². The number of piperidine rings is 1. The fraction of sp³-hybridized carbons (Fsp3) is 0.724. The summed E-state index contributed by atoms with van der Waals surface area (Å²) >= 11 is 0. The molecule has 11 atom stereocenters. The average molecular weight is 496 g/mol. The summed E-state index contributed by atoms with van der Waals surface area (Å²) in [6.07, 6.45) is 3.10. The number of hydrogen-bond acceptors (Lipinski definition) is 7. The number of fused-ring (bicyclic) bond motifs is 2. The Hall–Kier alpha value is -1.96. The number of benzene rings is 1. The predicted molar refractivity (Wildman–Crippen MR) is 130 cm³/mol. The van der Waals surface area contributed by atoms with Crippen LogP contribution in [0, 0.1) is 34.5 Å². The Balaban J connectivity index is 1.46. The van der Waals surface area contributed by atoms with E-state index in [4.69, 9.17) is 14.2 Å². The van der Waals surface area contributed by atoms with Gasteiger partial charge in [0.05, 0.1) is 23.2 Å². The summed E-state index contributed by atoms with van der Waals surface area (Å²) in [6.45, 7) is 6.29. The van der Waals surface area contributed by atoms with Crippen LogP contribution < -0.4 is 0 Å². The normalized spacial score (nSPS) is 50.4. The number of aliphatic hydroxyl groups is 1. The largest absolute Gasteiger partial charge is 0.462 e. The van der Waals surface area contributed by atoms with Crippen molar-refractivity contribution in [2.24, 2.45) is 34.5 Å². The van der Waals surface area contributed by atoms with Crippen LogP contribution in [0.2, 0.25) is 0 Å². The highest BCUT2D eigenvalue weighted by Crippen LogP contribution is 2.77. The summed E-state index contributed by atoms with van der Waals surface area (Å²) in [5.74, 6) is -1.62. The zero-order valence-electron chi connectivity index (χ0n) is 21.4. The number of carbonyl (C=O) groups is 2. The van der Waals surface area contributed by atoms with Crippen molar-refractivity contribution in [1.29, 1.82) is 0 Å². The van der Waals surface area contributed by atoms with Gasteiger partial charge in [-0.15, -0.1) is 0 Å². The van der Waals surface area contributed by atoms with Crippen molar-refractivity contribution >= 4 is 11.9 Å². The lowest BCUT2D eigenvalue weighted by Gasteiger charge is -2.69. The fourth-order valence-corrected chi connectivity index (χ4v) is 10.5. The van der Waals surface area contributed by atoms with Crippen molar-refractivity contribution < 1.29 is 28.9 Å². The molecular weight excluding hydrogens is 458 g/mol. The molecule has 4 aliphatic carbocycles. The van der Waals surface area contributed by atoms with Crippen molar-refractivity contribution in [3.63, 3.8) is 0 Å². The minimum absolute atomic E-state index is 0.00435. The molecule has 3 aliphatic heterocycles. The van der Waals surface area contributed by atoms with Crippen LogP contribution in [0.3, 0.4) is 0 Å². The summed E-state index contributed by atoms with van der Waals surface area (Å²) in [5, 5.41) is 12.6. The maximum atomic E-state index is 13.5. The number of nitrogens with zero attached hydrogens (tertiary/aromatic N) is 1. The molecule has 7 aliphatic rings. The van der Waals surface area contributed by atoms with Gasteiger partial charge in [0.2, 0.25) is 0 Å². The lowest BCUT2D eigenvalue weighted by Crippen LogP contribution is -2.76. The minimum atomic E-state index is -1.27. The molecule has 1 aromatic rings. The molecule has 1 N–H and O–H groups in total. The Kier molecular flexibility index (Phi) is 4.86. The summed E-state index contributed by atoms with van der Waals surface area (Å²) in [6, 6.07) is 9.13. The first-order chi connectivity index (χ1) is 17.3. The third kappa shape index (κ3) is 2.60. The zero-order valence-corrected chi connectivity index (χ0v) is 21.4. The van der Waals surface area contributed by atoms with E-state index in [0.29, 0.717) is 18.4 Å². The molecule has 7 fully saturated rings. The zero-order chi connectivity index (χ0) is 25.0. The second-order valence-corrected chi connectivity index (χ2v) is 12.6. The van der Waals surface area contributed by atoms with Crippen LogP contribution in [0.4, 0.5) is 0 Å². The lowest BCUT2D eigenvalue weighted by molar-refractivity contribution is -0.269. The van der Waals surface area contributed by atoms with Gasteiger partial charge in [0.25, 0.3) is 0 Å². The molecule has 9 bridgehead atoms. The Morgan fingerprint density at radius 1 is 1.22 bits per heavy atom. The lowest BCUT2D eigenvalue weighted by atomic mass is 9.42. The molecule has 7 heteroatoms. The summed E-state index contributed by atoms with van der Waals surface area (Å²) in [5.41, 5.74) is -1.23. The van der Waals surface area contributed by atoms with Gasteiger partial charge in [0.1, 0.15) is 12.2 Å². The number of hydrogen-bond donors (Lipinski definition) is 1. The van der Waals surface area contributed by atoms with Crippen molar-refractivity contribution in [3.05, 3.63) is 35.9 Å². The van der Waals surface area contributed by atoms with Gasteiger partial charge in [-0.3, -0.25) is 9.69 Å². The van der Waals surface area contributed by atoms with E-state index >= 15 is 0 Å². The number of likely N-dealkylation sites (tertiary alicyclic amines) is 1. The first kappa shape index (κ1) is 23.2. The van der Waals surface area contributed by atoms with Gasteiger partial charge in [0, 0.05) is 36.9 Å². The SMILES string of the molecule is CCN1C[C@]2(C)CCC(OC)C34[C@@H]5C[C@@H]6CC[C@](O)(C(C(OC(=O)c7ccccc7)[C@@H]32)[C@@H]14)[C@H]5C(=O)O6. The van der Waals surface area contributed by atoms with Gasteiger partial charge in [-0.25, -0.2) is 4.79 Å². The Morgan fingerprint density at radius 3 is 2.72 bits per heavy atom. The van der Waals surface area contributed by atoms with Gasteiger partial charge in [-0.1, -0.05) is 32.0 Å². The van der Waals surface area contributed by atoms with Crippen LogP contribution in [0.15, 0.2) is 30.3 Å². The quantitative estimate of drug-likeness (QED) is 0.643. The first-order valence-corrected chi connectivity index (χ1v) is 13.8. The number of methoxy groups -OCH3 is 1. The monoisotopic (exact) mass is 495 g/mol. The number of carbonyl (C=O) groups excluding carboxylic acids is 2. The number of rotatable bonds is 4. The van der Waals surface area contributed by atoms with Gasteiger partial charge in [-0.2, -0.15) is 0 Å². The second-order valence-electron chi connectivity index (χ2n) is 12.6. The van der Waals surface area contributed by atoms with E-state index in [1.807, 2.05) is 18.2 Å². The molecule has 0 radical (unpaired) electrons. The fourth-order valence-electron chi connectivity index (χ4n) is 10.5. The summed E-state index contributed by atoms with van der Waals surface area (Å²) < 4.78 is 18.7. The van der Waals surface area contributed by atoms with Crippen LogP contribution in [-0.4, -0.2) is 72.1 Å². The molecule has 8 rings (SSSR count). The van der Waals surface area contributed by atoms with E-state index in [9.17, 15) is 14.7 Å². The van der Waals surface area contributed by atoms with Crippen LogP contribution in [0.5, 0.6) is 0 Å². The highest BCUT2D eigenvalue weighted by Gasteiger charge is 2.85. The maximum absolute atomic E-state index is 13.5. The molecule has 0 aromatic heterocycles. The van der Waals surface area contributed by atoms with Crippen molar-refractivity contribution in [1.82, 2.24) is 4.90 Å². The van der Waals surface area contributed by atoms with E-state index in [1.54, 1.807) is 19.2 Å². The Labute approximate surface area is 212 Å². The van der Waals surface area contributed by atoms with Crippen molar-refractivity contribution in [2.75, 3.05) is 20.2 Å². The molecule has 1 aromatic carbocycles. The van der Waals surface area contributed by atoms with Crippen molar-refractivity contribution in [3.8, 4) is 0 Å². The predicted octanol–water partition coefficient (Wildman–Crippen LogP) is 3.05. The van der Waals surface area contributed by atoms with Crippen LogP contribution in [0.25, 0.3) is 0 Å². The Morgan fingerprint density at radius 2 is 2.00 bits per heavy atom. The molecule has 7 nitrogen and oxygen atoms in total. The topological polar surface area (TPSA) is 85.3 Å². The molecule has 4 unspecified atom stereocenters. The number of esters is 2. The van der Waals surface area contributed by atoms with E-state index < -0.39 is 17.6 Å². The highest BCUT2D eigenvalue weighted by atomic mass is 16.6. The minimum Gasteiger partial charge on any atom is -0.462 e. The smallest absolute Gasteiger partial charge is 0.338 e. The molecule has 4 saturated carbocycles. The number of ether oxygens (including phenoxy) is 3. The first-order valence-electron chi connectivity index (χ1n) is 13.8. The molecule has 194 valence electrons. The van der Waals surface area contributed by atoms with E-state index in [-0.39, 0.29) is 58.8 Å². The van der Waals surface area contributed by atoms with E-state index in [2.05, 4.69) is 18.7 Å². The van der Waals surface area contributed by atoms with Crippen molar-refractivity contribution in [2.45, 2.75) is 75.9 Å². The third-order valence-corrected chi connectivity index (χ3v) is 11.3. The van der Waals surface area contributed by atoms with Gasteiger partial charge < -0.3 is 19.3 Å². The van der Waals surface area contributed by atoms with Crippen LogP contribution >= 0.6 is 0 Å². The Bertz CT molecular complexity index is 1090. The highest BCUT2D eigenvalue weighted by molar-refractivity contribution is 5.89. The van der Waals surface area contributed by atoms with Crippen LogP contribution in [-0.2, 0) is 19.0 Å². The molecule has 3 saturated heterocycles. The summed E-state index contributed by atoms with van der Waals surface area (Å²) in [7, 11) is 1.79. The maximum Gasteiger partial charge on any atom is 0.338 e. The molecule has 3 heterocycles. The van der Waals surface area contributed by atoms with Gasteiger partial charge in [0.15, 0.2) is 0 Å². The molecule has 36 heavy (non-hydrogen) atoms. The summed E-state index contributed by atoms with van der Waals surface area (Å²) in [4.78, 5) is 29.6. The second kappa shape index (κ2) is 7.55. The van der Waals surface area contributed by atoms with Crippen LogP contribution in [0.1, 0.15) is 56.3 Å². The standard InChI is InChI=1S/C29H37NO6/c1-4-30-15-27(2)12-11-19(34-3)29-18-14-17-10-13-28(33,20(18)26(32)35-17)21(24(29)30)22(23(27)29)36-25(31)16-8-6-5-7-9-16/h5-9,17-24,33H,4,10-15H2,1-3H3/t17-,18+,19?,20+,21?,22?,23+,24+,27-,28+,29?/m0/s1. The average Bonchev–Trinajstić information content (AvgIpc) is 2.92. The van der Waals surface area contributed by atoms with E-state index in [0.717, 1.165) is 32.4 Å². The third-order valence-electron chi connectivity index (χ3n) is 11.3. The van der Waals surface area contributed by atoms with E-state index in [1.165, 1.54) is 0 Å². The molecule has 1 spiro atoms.